The number of aryl methyl sites for hydroxylation is 3. The molecule has 1 aliphatic rings. The topological polar surface area (TPSA) is 64.3 Å². The molecular formula is C14H19N3O3S. The van der Waals surface area contributed by atoms with Gasteiger partial charge < -0.3 is 0 Å². The van der Waals surface area contributed by atoms with Crippen molar-refractivity contribution in [3.05, 3.63) is 28.2 Å². The number of hydrogen-bond donors (Lipinski definition) is 0. The first kappa shape index (κ1) is 14.3. The second-order valence-corrected chi connectivity index (χ2v) is 7.52. The van der Waals surface area contributed by atoms with Gasteiger partial charge in [-0.15, -0.1) is 0 Å². The maximum Gasteiger partial charge on any atom is 0.328 e. The molecule has 2 aromatic rings. The lowest BCUT2D eigenvalue weighted by Crippen LogP contribution is -2.28. The van der Waals surface area contributed by atoms with Gasteiger partial charge in [0.05, 0.1) is 15.9 Å². The smallest absolute Gasteiger partial charge is 0.295 e. The largest absolute Gasteiger partial charge is 0.328 e. The Labute approximate surface area is 123 Å². The molecule has 1 aliphatic heterocycles. The summed E-state index contributed by atoms with van der Waals surface area (Å²) >= 11 is 0. The molecule has 0 spiro atoms. The van der Waals surface area contributed by atoms with Gasteiger partial charge in [0.1, 0.15) is 0 Å². The van der Waals surface area contributed by atoms with Gasteiger partial charge in [-0.1, -0.05) is 0 Å². The molecule has 0 bridgehead atoms. The average molecular weight is 309 g/mol. The number of sulfonamides is 1. The van der Waals surface area contributed by atoms with E-state index in [2.05, 4.69) is 0 Å². The first-order valence-corrected chi connectivity index (χ1v) is 8.44. The lowest BCUT2D eigenvalue weighted by Gasteiger charge is -2.17. The van der Waals surface area contributed by atoms with Gasteiger partial charge in [0.25, 0.3) is 0 Å². The molecule has 1 fully saturated rings. The monoisotopic (exact) mass is 309 g/mol. The predicted octanol–water partition coefficient (Wildman–Crippen LogP) is 0.970. The third kappa shape index (κ3) is 2.03. The highest BCUT2D eigenvalue weighted by molar-refractivity contribution is 7.89. The zero-order chi connectivity index (χ0) is 15.4. The van der Waals surface area contributed by atoms with E-state index in [1.807, 2.05) is 0 Å². The van der Waals surface area contributed by atoms with Gasteiger partial charge in [-0.25, -0.2) is 13.2 Å². The van der Waals surface area contributed by atoms with Gasteiger partial charge in [-0.2, -0.15) is 4.31 Å². The number of rotatable bonds is 2. The normalized spacial score (nSPS) is 16.9. The second kappa shape index (κ2) is 4.71. The average Bonchev–Trinajstić information content (AvgIpc) is 3.04. The van der Waals surface area contributed by atoms with E-state index < -0.39 is 10.0 Å². The van der Waals surface area contributed by atoms with Gasteiger partial charge in [-0.05, 0) is 37.5 Å². The summed E-state index contributed by atoms with van der Waals surface area (Å²) in [5.74, 6) is 0. The molecule has 21 heavy (non-hydrogen) atoms. The fourth-order valence-electron chi connectivity index (χ4n) is 2.98. The Morgan fingerprint density at radius 2 is 1.52 bits per heavy atom. The van der Waals surface area contributed by atoms with Crippen LogP contribution in [0.2, 0.25) is 0 Å². The highest BCUT2D eigenvalue weighted by Gasteiger charge is 2.29. The van der Waals surface area contributed by atoms with Crippen molar-refractivity contribution < 1.29 is 8.42 Å². The second-order valence-electron chi connectivity index (χ2n) is 5.62. The van der Waals surface area contributed by atoms with E-state index in [-0.39, 0.29) is 5.69 Å². The van der Waals surface area contributed by atoms with Crippen molar-refractivity contribution in [2.75, 3.05) is 13.1 Å². The van der Waals surface area contributed by atoms with Gasteiger partial charge in [-0.3, -0.25) is 9.13 Å². The van der Waals surface area contributed by atoms with Crippen LogP contribution in [0.3, 0.4) is 0 Å². The number of hydrogen-bond acceptors (Lipinski definition) is 3. The molecule has 0 atom stereocenters. The van der Waals surface area contributed by atoms with Gasteiger partial charge in [0.15, 0.2) is 0 Å². The van der Waals surface area contributed by atoms with Crippen LogP contribution in [-0.4, -0.2) is 34.9 Å². The molecule has 7 heteroatoms. The van der Waals surface area contributed by atoms with E-state index in [9.17, 15) is 13.2 Å². The van der Waals surface area contributed by atoms with Crippen LogP contribution in [0.4, 0.5) is 0 Å². The Hall–Kier alpha value is -1.60. The van der Waals surface area contributed by atoms with Crippen LogP contribution < -0.4 is 5.69 Å². The van der Waals surface area contributed by atoms with Crippen molar-refractivity contribution in [1.82, 2.24) is 13.4 Å². The van der Waals surface area contributed by atoms with Crippen LogP contribution in [0, 0.1) is 6.92 Å². The molecule has 0 aliphatic carbocycles. The summed E-state index contributed by atoms with van der Waals surface area (Å²) in [6.07, 6.45) is 1.81. The number of fused-ring (bicyclic) bond motifs is 1. The van der Waals surface area contributed by atoms with Crippen LogP contribution in [0.25, 0.3) is 11.0 Å². The van der Waals surface area contributed by atoms with E-state index in [4.69, 9.17) is 0 Å². The number of imidazole rings is 1. The first-order chi connectivity index (χ1) is 9.84. The fraction of sp³-hybridized carbons (Fsp3) is 0.500. The van der Waals surface area contributed by atoms with Crippen molar-refractivity contribution >= 4 is 21.1 Å². The number of aromatic nitrogens is 2. The zero-order valence-corrected chi connectivity index (χ0v) is 13.3. The van der Waals surface area contributed by atoms with Crippen LogP contribution >= 0.6 is 0 Å². The maximum atomic E-state index is 12.7. The molecule has 114 valence electrons. The van der Waals surface area contributed by atoms with E-state index in [1.54, 1.807) is 33.2 Å². The Balaban J connectivity index is 2.26. The van der Waals surface area contributed by atoms with Crippen LogP contribution in [-0.2, 0) is 24.1 Å². The lowest BCUT2D eigenvalue weighted by atomic mass is 10.2. The molecule has 0 amide bonds. The molecule has 3 rings (SSSR count). The summed E-state index contributed by atoms with van der Waals surface area (Å²) in [4.78, 5) is 12.3. The van der Waals surface area contributed by atoms with Crippen LogP contribution in [0.5, 0.6) is 0 Å². The molecule has 6 nitrogen and oxygen atoms in total. The van der Waals surface area contributed by atoms with Gasteiger partial charge in [0, 0.05) is 27.2 Å². The summed E-state index contributed by atoms with van der Waals surface area (Å²) in [5.41, 5.74) is 1.92. The van der Waals surface area contributed by atoms with E-state index in [0.29, 0.717) is 29.1 Å². The molecule has 0 N–H and O–H groups in total. The SMILES string of the molecule is Cc1cc2c(cc1S(=O)(=O)N1CCCC1)n(C)c(=O)n2C. The summed E-state index contributed by atoms with van der Waals surface area (Å²) in [6.45, 7) is 2.93. The molecule has 2 heterocycles. The Morgan fingerprint density at radius 3 is 2.10 bits per heavy atom. The number of benzene rings is 1. The van der Waals surface area contributed by atoms with E-state index in [0.717, 1.165) is 18.4 Å². The summed E-state index contributed by atoms with van der Waals surface area (Å²) in [6, 6.07) is 3.40. The molecule has 1 aromatic heterocycles. The quantitative estimate of drug-likeness (QED) is 0.830. The fourth-order valence-corrected chi connectivity index (χ4v) is 4.72. The molecule has 1 aromatic carbocycles. The standard InChI is InChI=1S/C14H19N3O3S/c1-10-8-11-12(16(3)14(18)15(11)2)9-13(10)21(19,20)17-6-4-5-7-17/h8-9H,4-7H2,1-3H3. The van der Waals surface area contributed by atoms with Crippen LogP contribution in [0.15, 0.2) is 21.8 Å². The maximum absolute atomic E-state index is 12.7. The van der Waals surface area contributed by atoms with E-state index in [1.165, 1.54) is 13.4 Å². The van der Waals surface area contributed by atoms with Gasteiger partial charge >= 0.3 is 5.69 Å². The molecule has 0 saturated carbocycles. The third-order valence-electron chi connectivity index (χ3n) is 4.25. The lowest BCUT2D eigenvalue weighted by molar-refractivity contribution is 0.477. The minimum atomic E-state index is -3.47. The Bertz CT molecular complexity index is 871. The van der Waals surface area contributed by atoms with Crippen molar-refractivity contribution in [3.63, 3.8) is 0 Å². The summed E-state index contributed by atoms with van der Waals surface area (Å²) in [5, 5.41) is 0. The molecule has 1 saturated heterocycles. The molecule has 0 unspecified atom stereocenters. The third-order valence-corrected chi connectivity index (χ3v) is 6.29. The number of nitrogens with zero attached hydrogens (tertiary/aromatic N) is 3. The molecular weight excluding hydrogens is 290 g/mol. The summed E-state index contributed by atoms with van der Waals surface area (Å²) in [7, 11) is -0.120. The highest BCUT2D eigenvalue weighted by Crippen LogP contribution is 2.27. The van der Waals surface area contributed by atoms with Gasteiger partial charge in [0.2, 0.25) is 10.0 Å². The van der Waals surface area contributed by atoms with Crippen molar-refractivity contribution in [1.29, 1.82) is 0 Å². The van der Waals surface area contributed by atoms with Crippen molar-refractivity contribution in [2.24, 2.45) is 14.1 Å². The molecule has 0 radical (unpaired) electrons. The van der Waals surface area contributed by atoms with Crippen LogP contribution in [0.1, 0.15) is 18.4 Å². The van der Waals surface area contributed by atoms with Crippen molar-refractivity contribution in [2.45, 2.75) is 24.7 Å². The Kier molecular flexibility index (Phi) is 3.22. The zero-order valence-electron chi connectivity index (χ0n) is 12.5. The Morgan fingerprint density at radius 1 is 1.00 bits per heavy atom. The summed E-state index contributed by atoms with van der Waals surface area (Å²) < 4.78 is 30.0. The van der Waals surface area contributed by atoms with E-state index >= 15 is 0 Å². The van der Waals surface area contributed by atoms with Crippen molar-refractivity contribution in [3.8, 4) is 0 Å². The minimum absolute atomic E-state index is 0.153. The minimum Gasteiger partial charge on any atom is -0.295 e. The first-order valence-electron chi connectivity index (χ1n) is 7.00. The highest BCUT2D eigenvalue weighted by atomic mass is 32.2. The predicted molar refractivity (Wildman–Crippen MR) is 80.9 cm³/mol.